The van der Waals surface area contributed by atoms with Crippen molar-refractivity contribution >= 4 is 11.8 Å². The third kappa shape index (κ3) is 2.60. The van der Waals surface area contributed by atoms with E-state index in [0.717, 1.165) is 32.4 Å². The quantitative estimate of drug-likeness (QED) is 0.637. The van der Waals surface area contributed by atoms with Crippen LogP contribution < -0.4 is 16.0 Å². The van der Waals surface area contributed by atoms with Crippen molar-refractivity contribution in [2.45, 2.75) is 38.6 Å². The Morgan fingerprint density at radius 1 is 1.47 bits per heavy atom. The van der Waals surface area contributed by atoms with Gasteiger partial charge in [0.05, 0.1) is 11.5 Å². The Labute approximate surface area is 102 Å². The first-order valence-corrected chi connectivity index (χ1v) is 6.45. The minimum Gasteiger partial charge on any atom is -0.354 e. The number of nitrogens with one attached hydrogen (secondary N) is 3. The fourth-order valence-electron chi connectivity index (χ4n) is 2.69. The second-order valence-corrected chi connectivity index (χ2v) is 5.06. The van der Waals surface area contributed by atoms with Crippen molar-refractivity contribution in [1.82, 2.24) is 16.0 Å². The summed E-state index contributed by atoms with van der Waals surface area (Å²) in [5, 5.41) is 9.05. The van der Waals surface area contributed by atoms with Crippen LogP contribution in [0.4, 0.5) is 0 Å². The molecule has 0 aromatic rings. The monoisotopic (exact) mass is 239 g/mol. The zero-order valence-electron chi connectivity index (χ0n) is 10.3. The third-order valence-corrected chi connectivity index (χ3v) is 4.03. The van der Waals surface area contributed by atoms with Gasteiger partial charge >= 0.3 is 0 Å². The normalized spacial score (nSPS) is 27.6. The summed E-state index contributed by atoms with van der Waals surface area (Å²) in [6.45, 7) is 4.46. The van der Waals surface area contributed by atoms with Crippen LogP contribution in [0.15, 0.2) is 0 Å². The Kier molecular flexibility index (Phi) is 3.66. The van der Waals surface area contributed by atoms with Gasteiger partial charge < -0.3 is 16.0 Å². The lowest BCUT2D eigenvalue weighted by Gasteiger charge is -2.36. The van der Waals surface area contributed by atoms with Crippen LogP contribution in [0.25, 0.3) is 0 Å². The number of piperidine rings is 1. The minimum atomic E-state index is -0.225. The van der Waals surface area contributed by atoms with E-state index in [4.69, 9.17) is 0 Å². The molecule has 17 heavy (non-hydrogen) atoms. The minimum absolute atomic E-state index is 0.0201. The summed E-state index contributed by atoms with van der Waals surface area (Å²) in [6.07, 6.45) is 3.07. The van der Waals surface area contributed by atoms with E-state index in [0.29, 0.717) is 13.0 Å². The van der Waals surface area contributed by atoms with Gasteiger partial charge in [0, 0.05) is 13.0 Å². The van der Waals surface area contributed by atoms with E-state index in [-0.39, 0.29) is 23.3 Å². The summed E-state index contributed by atoms with van der Waals surface area (Å²) < 4.78 is 0. The highest BCUT2D eigenvalue weighted by Crippen LogP contribution is 2.32. The Balaban J connectivity index is 1.95. The van der Waals surface area contributed by atoms with Crippen LogP contribution in [0.2, 0.25) is 0 Å². The average molecular weight is 239 g/mol. The van der Waals surface area contributed by atoms with E-state index in [1.165, 1.54) is 0 Å². The van der Waals surface area contributed by atoms with E-state index in [9.17, 15) is 9.59 Å². The first-order chi connectivity index (χ1) is 8.16. The second-order valence-electron chi connectivity index (χ2n) is 5.06. The van der Waals surface area contributed by atoms with Crippen molar-refractivity contribution in [3.05, 3.63) is 0 Å². The Hall–Kier alpha value is -1.10. The molecule has 5 heteroatoms. The fraction of sp³-hybridized carbons (Fsp3) is 0.833. The van der Waals surface area contributed by atoms with Gasteiger partial charge in [0.25, 0.3) is 0 Å². The molecule has 0 bridgehead atoms. The molecule has 0 radical (unpaired) electrons. The lowest BCUT2D eigenvalue weighted by atomic mass is 9.75. The van der Waals surface area contributed by atoms with Crippen molar-refractivity contribution in [2.24, 2.45) is 5.41 Å². The van der Waals surface area contributed by atoms with Crippen LogP contribution in [0, 0.1) is 5.41 Å². The molecule has 2 saturated heterocycles. The predicted molar refractivity (Wildman–Crippen MR) is 64.4 cm³/mol. The molecule has 3 N–H and O–H groups in total. The van der Waals surface area contributed by atoms with Crippen molar-refractivity contribution in [2.75, 3.05) is 19.6 Å². The maximum atomic E-state index is 12.3. The van der Waals surface area contributed by atoms with Gasteiger partial charge in [-0.3, -0.25) is 9.59 Å². The largest absolute Gasteiger partial charge is 0.354 e. The first kappa shape index (κ1) is 12.4. The molecule has 1 unspecified atom stereocenters. The highest BCUT2D eigenvalue weighted by Gasteiger charge is 2.39. The van der Waals surface area contributed by atoms with Gasteiger partial charge in [-0.15, -0.1) is 0 Å². The molecule has 0 saturated carbocycles. The summed E-state index contributed by atoms with van der Waals surface area (Å²) in [6, 6.07) is -0.0201. The van der Waals surface area contributed by atoms with Crippen molar-refractivity contribution in [1.29, 1.82) is 0 Å². The highest BCUT2D eigenvalue weighted by atomic mass is 16.2. The number of hydrogen-bond acceptors (Lipinski definition) is 3. The molecule has 1 atom stereocenters. The standard InChI is InChI=1S/C12H21N3O2/c1-2-12(3-5-13-6-4-12)11(17)15-9-7-10(16)14-8-9/h9,13H,2-8H2,1H3,(H,14,16)(H,15,17). The van der Waals surface area contributed by atoms with Crippen LogP contribution in [0.1, 0.15) is 32.6 Å². The predicted octanol–water partition coefficient (Wildman–Crippen LogP) is -0.229. The molecule has 2 amide bonds. The van der Waals surface area contributed by atoms with Crippen molar-refractivity contribution in [3.63, 3.8) is 0 Å². The molecule has 2 rings (SSSR count). The zero-order chi connectivity index (χ0) is 12.3. The second kappa shape index (κ2) is 5.04. The number of carbonyl (C=O) groups is 2. The fourth-order valence-corrected chi connectivity index (χ4v) is 2.69. The molecule has 2 heterocycles. The molecule has 0 aromatic carbocycles. The molecule has 96 valence electrons. The maximum Gasteiger partial charge on any atom is 0.226 e. The van der Waals surface area contributed by atoms with Crippen molar-refractivity contribution in [3.8, 4) is 0 Å². The molecular weight excluding hydrogens is 218 g/mol. The van der Waals surface area contributed by atoms with E-state index in [1.807, 2.05) is 0 Å². The highest BCUT2D eigenvalue weighted by molar-refractivity contribution is 5.85. The van der Waals surface area contributed by atoms with Crippen LogP contribution in [0.5, 0.6) is 0 Å². The topological polar surface area (TPSA) is 70.2 Å². The van der Waals surface area contributed by atoms with Gasteiger partial charge in [0.1, 0.15) is 0 Å². The molecule has 0 aromatic heterocycles. The Morgan fingerprint density at radius 3 is 2.71 bits per heavy atom. The molecule has 2 fully saturated rings. The van der Waals surface area contributed by atoms with Crippen LogP contribution in [-0.2, 0) is 9.59 Å². The van der Waals surface area contributed by atoms with Crippen LogP contribution in [0.3, 0.4) is 0 Å². The maximum absolute atomic E-state index is 12.3. The van der Waals surface area contributed by atoms with E-state index < -0.39 is 0 Å². The van der Waals surface area contributed by atoms with Gasteiger partial charge in [-0.1, -0.05) is 6.92 Å². The Bertz CT molecular complexity index is 311. The lowest BCUT2D eigenvalue weighted by molar-refractivity contribution is -0.133. The molecule has 0 aliphatic carbocycles. The molecule has 2 aliphatic heterocycles. The third-order valence-electron chi connectivity index (χ3n) is 4.03. The van der Waals surface area contributed by atoms with Crippen LogP contribution >= 0.6 is 0 Å². The van der Waals surface area contributed by atoms with E-state index >= 15 is 0 Å². The number of hydrogen-bond donors (Lipinski definition) is 3. The van der Waals surface area contributed by atoms with Crippen molar-refractivity contribution < 1.29 is 9.59 Å². The summed E-state index contributed by atoms with van der Waals surface area (Å²) >= 11 is 0. The van der Waals surface area contributed by atoms with E-state index in [2.05, 4.69) is 22.9 Å². The molecular formula is C12H21N3O2. The van der Waals surface area contributed by atoms with Gasteiger partial charge in [0.2, 0.25) is 11.8 Å². The van der Waals surface area contributed by atoms with Gasteiger partial charge in [-0.05, 0) is 32.4 Å². The van der Waals surface area contributed by atoms with Gasteiger partial charge in [-0.2, -0.15) is 0 Å². The summed E-state index contributed by atoms with van der Waals surface area (Å²) in [4.78, 5) is 23.4. The van der Waals surface area contributed by atoms with Crippen LogP contribution in [-0.4, -0.2) is 37.5 Å². The summed E-state index contributed by atoms with van der Waals surface area (Å²) in [5.41, 5.74) is -0.225. The number of rotatable bonds is 3. The van der Waals surface area contributed by atoms with E-state index in [1.54, 1.807) is 0 Å². The smallest absolute Gasteiger partial charge is 0.226 e. The van der Waals surface area contributed by atoms with Gasteiger partial charge in [-0.25, -0.2) is 0 Å². The first-order valence-electron chi connectivity index (χ1n) is 6.45. The number of amides is 2. The Morgan fingerprint density at radius 2 is 2.18 bits per heavy atom. The summed E-state index contributed by atoms with van der Waals surface area (Å²) in [5.74, 6) is 0.161. The average Bonchev–Trinajstić information content (AvgIpc) is 2.75. The molecule has 5 nitrogen and oxygen atoms in total. The van der Waals surface area contributed by atoms with Gasteiger partial charge in [0.15, 0.2) is 0 Å². The number of carbonyl (C=O) groups excluding carboxylic acids is 2. The lowest BCUT2D eigenvalue weighted by Crippen LogP contribution is -2.50. The zero-order valence-corrected chi connectivity index (χ0v) is 10.3. The SMILES string of the molecule is CCC1(C(=O)NC2CNC(=O)C2)CCNCC1. The molecule has 0 spiro atoms. The molecule has 2 aliphatic rings. The summed E-state index contributed by atoms with van der Waals surface area (Å²) in [7, 11) is 0.